The lowest BCUT2D eigenvalue weighted by Crippen LogP contribution is -2.62. The standard InChI is InChI=1S/C22H19N3O5/c1-28-24-10-19(26)25-16(22(24)27)9-14-13-4-2-3-5-15(13)23-20(14)21(25)12-6-7-17-18(8-12)30-11-29-17/h2-8,16,21,23H,9-11H2,1H3/t16-,21-/m1/s1. The summed E-state index contributed by atoms with van der Waals surface area (Å²) < 4.78 is 11.0. The summed E-state index contributed by atoms with van der Waals surface area (Å²) in [6, 6.07) is 12.6. The highest BCUT2D eigenvalue weighted by Gasteiger charge is 2.48. The first kappa shape index (κ1) is 17.3. The summed E-state index contributed by atoms with van der Waals surface area (Å²) in [6.07, 6.45) is 0.435. The molecule has 4 heterocycles. The Morgan fingerprint density at radius 3 is 2.80 bits per heavy atom. The van der Waals surface area contributed by atoms with Crippen LogP contribution in [-0.2, 0) is 20.8 Å². The van der Waals surface area contributed by atoms with Gasteiger partial charge in [-0.2, -0.15) is 0 Å². The summed E-state index contributed by atoms with van der Waals surface area (Å²) in [5, 5.41) is 2.22. The lowest BCUT2D eigenvalue weighted by molar-refractivity contribution is -0.198. The number of hydroxylamine groups is 2. The molecule has 152 valence electrons. The molecule has 2 atom stereocenters. The topological polar surface area (TPSA) is 84.1 Å². The molecule has 6 rings (SSSR count). The van der Waals surface area contributed by atoms with Crippen LogP contribution < -0.4 is 9.47 Å². The van der Waals surface area contributed by atoms with Gasteiger partial charge in [-0.1, -0.05) is 24.3 Å². The van der Waals surface area contributed by atoms with E-state index >= 15 is 0 Å². The van der Waals surface area contributed by atoms with E-state index in [2.05, 4.69) is 4.98 Å². The van der Waals surface area contributed by atoms with Crippen molar-refractivity contribution in [3.63, 3.8) is 0 Å². The number of piperazine rings is 1. The molecule has 0 spiro atoms. The van der Waals surface area contributed by atoms with E-state index in [1.165, 1.54) is 7.11 Å². The highest BCUT2D eigenvalue weighted by atomic mass is 16.7. The van der Waals surface area contributed by atoms with Crippen LogP contribution in [0.25, 0.3) is 10.9 Å². The third-order valence-electron chi connectivity index (χ3n) is 6.16. The van der Waals surface area contributed by atoms with E-state index in [1.54, 1.807) is 4.90 Å². The van der Waals surface area contributed by atoms with Crippen LogP contribution in [0.1, 0.15) is 22.9 Å². The number of aromatic amines is 1. The van der Waals surface area contributed by atoms with E-state index in [0.29, 0.717) is 17.9 Å². The molecule has 0 unspecified atom stereocenters. The van der Waals surface area contributed by atoms with Crippen molar-refractivity contribution >= 4 is 22.7 Å². The van der Waals surface area contributed by atoms with Crippen LogP contribution in [0.2, 0.25) is 0 Å². The van der Waals surface area contributed by atoms with Crippen molar-refractivity contribution < 1.29 is 23.9 Å². The fourth-order valence-electron chi connectivity index (χ4n) is 4.82. The molecular formula is C22H19N3O5. The number of para-hydroxylation sites is 1. The van der Waals surface area contributed by atoms with E-state index in [1.807, 2.05) is 42.5 Å². The number of aromatic nitrogens is 1. The van der Waals surface area contributed by atoms with Crippen molar-refractivity contribution in [2.75, 3.05) is 20.4 Å². The van der Waals surface area contributed by atoms with Crippen LogP contribution in [0.4, 0.5) is 0 Å². The van der Waals surface area contributed by atoms with Gasteiger partial charge in [0.15, 0.2) is 11.5 Å². The first-order valence-corrected chi connectivity index (χ1v) is 9.81. The van der Waals surface area contributed by atoms with Gasteiger partial charge in [0, 0.05) is 23.0 Å². The smallest absolute Gasteiger partial charge is 0.269 e. The Kier molecular flexibility index (Phi) is 3.61. The Balaban J connectivity index is 1.57. The zero-order valence-corrected chi connectivity index (χ0v) is 16.3. The Labute approximate surface area is 171 Å². The molecule has 8 heteroatoms. The van der Waals surface area contributed by atoms with Crippen molar-refractivity contribution in [3.8, 4) is 11.5 Å². The van der Waals surface area contributed by atoms with Gasteiger partial charge in [-0.15, -0.1) is 0 Å². The van der Waals surface area contributed by atoms with E-state index in [4.69, 9.17) is 14.3 Å². The minimum absolute atomic E-state index is 0.109. The molecule has 8 nitrogen and oxygen atoms in total. The number of rotatable bonds is 2. The van der Waals surface area contributed by atoms with Gasteiger partial charge in [-0.05, 0) is 29.3 Å². The number of carbonyl (C=O) groups is 2. The fourth-order valence-corrected chi connectivity index (χ4v) is 4.82. The van der Waals surface area contributed by atoms with Gasteiger partial charge < -0.3 is 19.4 Å². The molecule has 2 amide bonds. The molecule has 1 fully saturated rings. The summed E-state index contributed by atoms with van der Waals surface area (Å²) in [5.74, 6) is 0.948. The number of ether oxygens (including phenoxy) is 2. The quantitative estimate of drug-likeness (QED) is 0.706. The number of benzene rings is 2. The van der Waals surface area contributed by atoms with Crippen molar-refractivity contribution in [2.45, 2.75) is 18.5 Å². The maximum Gasteiger partial charge on any atom is 0.269 e. The first-order valence-electron chi connectivity index (χ1n) is 9.81. The van der Waals surface area contributed by atoms with Crippen LogP contribution >= 0.6 is 0 Å². The average molecular weight is 405 g/mol. The lowest BCUT2D eigenvalue weighted by Gasteiger charge is -2.46. The van der Waals surface area contributed by atoms with Crippen LogP contribution in [0.3, 0.4) is 0 Å². The zero-order chi connectivity index (χ0) is 20.4. The van der Waals surface area contributed by atoms with E-state index < -0.39 is 12.1 Å². The average Bonchev–Trinajstić information content (AvgIpc) is 3.38. The van der Waals surface area contributed by atoms with Gasteiger partial charge in [0.05, 0.1) is 13.2 Å². The van der Waals surface area contributed by atoms with Crippen molar-refractivity contribution in [3.05, 3.63) is 59.3 Å². The van der Waals surface area contributed by atoms with Crippen LogP contribution in [-0.4, -0.2) is 53.3 Å². The maximum absolute atomic E-state index is 13.2. The minimum Gasteiger partial charge on any atom is -0.454 e. The highest BCUT2D eigenvalue weighted by Crippen LogP contribution is 2.44. The van der Waals surface area contributed by atoms with Gasteiger partial charge in [0.2, 0.25) is 12.7 Å². The molecule has 2 aromatic carbocycles. The summed E-state index contributed by atoms with van der Waals surface area (Å²) in [5.41, 5.74) is 3.83. The normalized spacial score (nSPS) is 22.4. The van der Waals surface area contributed by atoms with Gasteiger partial charge >= 0.3 is 0 Å². The molecule has 1 aromatic heterocycles. The van der Waals surface area contributed by atoms with E-state index in [9.17, 15) is 9.59 Å². The molecule has 3 aromatic rings. The molecule has 1 saturated heterocycles. The lowest BCUT2D eigenvalue weighted by atomic mass is 9.86. The van der Waals surface area contributed by atoms with Crippen LogP contribution in [0, 0.1) is 0 Å². The van der Waals surface area contributed by atoms with Crippen LogP contribution in [0.15, 0.2) is 42.5 Å². The third kappa shape index (κ3) is 2.31. The Bertz CT molecular complexity index is 1200. The Morgan fingerprint density at radius 1 is 1.10 bits per heavy atom. The number of hydrogen-bond donors (Lipinski definition) is 1. The summed E-state index contributed by atoms with van der Waals surface area (Å²) in [4.78, 5) is 36.7. The van der Waals surface area contributed by atoms with Gasteiger partial charge in [-0.3, -0.25) is 14.4 Å². The number of nitrogens with one attached hydrogen (secondary N) is 1. The second-order valence-electron chi connectivity index (χ2n) is 7.66. The number of H-pyrrole nitrogens is 1. The van der Waals surface area contributed by atoms with Gasteiger partial charge in [0.1, 0.15) is 12.6 Å². The predicted octanol–water partition coefficient (Wildman–Crippen LogP) is 2.14. The molecule has 0 bridgehead atoms. The number of nitrogens with zero attached hydrogens (tertiary/aromatic N) is 2. The number of hydrogen-bond acceptors (Lipinski definition) is 5. The second-order valence-corrected chi connectivity index (χ2v) is 7.66. The summed E-state index contributed by atoms with van der Waals surface area (Å²) >= 11 is 0. The summed E-state index contributed by atoms with van der Waals surface area (Å²) in [6.45, 7) is 0.0656. The predicted molar refractivity (Wildman–Crippen MR) is 106 cm³/mol. The van der Waals surface area contributed by atoms with E-state index in [-0.39, 0.29) is 25.2 Å². The Morgan fingerprint density at radius 2 is 1.93 bits per heavy atom. The van der Waals surface area contributed by atoms with Crippen molar-refractivity contribution in [2.24, 2.45) is 0 Å². The maximum atomic E-state index is 13.2. The van der Waals surface area contributed by atoms with Gasteiger partial charge in [-0.25, -0.2) is 5.06 Å². The number of amides is 2. The third-order valence-corrected chi connectivity index (χ3v) is 6.16. The number of fused-ring (bicyclic) bond motifs is 5. The second kappa shape index (κ2) is 6.24. The molecule has 30 heavy (non-hydrogen) atoms. The van der Waals surface area contributed by atoms with Crippen molar-refractivity contribution in [1.82, 2.24) is 14.9 Å². The molecule has 1 N–H and O–H groups in total. The molecule has 3 aliphatic heterocycles. The fraction of sp³-hybridized carbons (Fsp3) is 0.273. The SMILES string of the molecule is CON1CC(=O)N2[C@H](c3ccc4c(c3)OCO4)c3[nH]c4ccccc4c3C[C@@H]2C1=O. The first-order chi connectivity index (χ1) is 14.7. The Hall–Kier alpha value is -3.52. The highest BCUT2D eigenvalue weighted by molar-refractivity contribution is 5.97. The van der Waals surface area contributed by atoms with Gasteiger partial charge in [0.25, 0.3) is 5.91 Å². The molecule has 0 aliphatic carbocycles. The molecule has 0 saturated carbocycles. The van der Waals surface area contributed by atoms with Crippen molar-refractivity contribution in [1.29, 1.82) is 0 Å². The monoisotopic (exact) mass is 405 g/mol. The largest absolute Gasteiger partial charge is 0.454 e. The minimum atomic E-state index is -0.631. The van der Waals surface area contributed by atoms with Crippen LogP contribution in [0.5, 0.6) is 11.5 Å². The zero-order valence-electron chi connectivity index (χ0n) is 16.3. The molecule has 0 radical (unpaired) electrons. The van der Waals surface area contributed by atoms with E-state index in [0.717, 1.165) is 32.8 Å². The molecular weight excluding hydrogens is 386 g/mol. The molecule has 3 aliphatic rings. The number of carbonyl (C=O) groups excluding carboxylic acids is 2. The summed E-state index contributed by atoms with van der Waals surface area (Å²) in [7, 11) is 1.41.